The molecule has 0 N–H and O–H groups in total. The maximum absolute atomic E-state index is 13.7. The fourth-order valence-electron chi connectivity index (χ4n) is 4.26. The topological polar surface area (TPSA) is 41.4 Å². The molecular weight excluding hydrogens is 461 g/mol. The summed E-state index contributed by atoms with van der Waals surface area (Å²) in [4.78, 5) is 17.8. The number of thiophene rings is 1. The molecule has 1 fully saturated rings. The van der Waals surface area contributed by atoms with E-state index in [1.807, 2.05) is 12.1 Å². The van der Waals surface area contributed by atoms with Crippen LogP contribution in [0, 0.1) is 6.92 Å². The van der Waals surface area contributed by atoms with Gasteiger partial charge in [-0.25, -0.2) is 4.68 Å². The third-order valence-corrected chi connectivity index (χ3v) is 7.25. The number of nitrogens with zero attached hydrogens (tertiary/aromatic N) is 4. The minimum Gasteiger partial charge on any atom is -0.335 e. The summed E-state index contributed by atoms with van der Waals surface area (Å²) in [5, 5.41) is 3.79. The quantitative estimate of drug-likeness (QED) is 0.391. The van der Waals surface area contributed by atoms with E-state index in [1.54, 1.807) is 35.2 Å². The summed E-state index contributed by atoms with van der Waals surface area (Å²) < 4.78 is 42.3. The van der Waals surface area contributed by atoms with Crippen molar-refractivity contribution in [3.05, 3.63) is 82.4 Å². The molecule has 0 saturated carbocycles. The van der Waals surface area contributed by atoms with Gasteiger partial charge in [-0.2, -0.15) is 18.3 Å². The molecular formula is C25H23F3N4OS. The summed E-state index contributed by atoms with van der Waals surface area (Å²) in [6.45, 7) is 5.42. The molecule has 1 saturated heterocycles. The third kappa shape index (κ3) is 4.33. The molecule has 2 aromatic heterocycles. The van der Waals surface area contributed by atoms with Crippen LogP contribution in [0.15, 0.2) is 60.7 Å². The number of halogens is 3. The maximum Gasteiger partial charge on any atom is 0.435 e. The lowest BCUT2D eigenvalue weighted by molar-refractivity contribution is -0.140. The second-order valence-corrected chi connectivity index (χ2v) is 9.45. The molecule has 4 aromatic rings. The number of aromatic nitrogens is 2. The zero-order valence-corrected chi connectivity index (χ0v) is 19.4. The average molecular weight is 485 g/mol. The Balaban J connectivity index is 1.37. The molecule has 9 heteroatoms. The van der Waals surface area contributed by atoms with Crippen LogP contribution in [0.5, 0.6) is 0 Å². The Kier molecular flexibility index (Phi) is 5.91. The SMILES string of the molecule is Cc1ccccc1CN1CCN(C(=O)c2cc3c(C(F)(F)F)nn(-c4ccccc4)c3s2)CC1. The van der Waals surface area contributed by atoms with E-state index in [4.69, 9.17) is 0 Å². The summed E-state index contributed by atoms with van der Waals surface area (Å²) in [7, 11) is 0. The van der Waals surface area contributed by atoms with Crippen molar-refractivity contribution in [3.63, 3.8) is 0 Å². The van der Waals surface area contributed by atoms with Gasteiger partial charge in [-0.3, -0.25) is 9.69 Å². The zero-order valence-electron chi connectivity index (χ0n) is 18.5. The fourth-order valence-corrected chi connectivity index (χ4v) is 5.36. The van der Waals surface area contributed by atoms with Gasteiger partial charge in [0.1, 0.15) is 4.83 Å². The number of hydrogen-bond acceptors (Lipinski definition) is 4. The van der Waals surface area contributed by atoms with Gasteiger partial charge in [-0.1, -0.05) is 42.5 Å². The van der Waals surface area contributed by atoms with Crippen molar-refractivity contribution in [2.45, 2.75) is 19.6 Å². The van der Waals surface area contributed by atoms with Crippen molar-refractivity contribution >= 4 is 27.5 Å². The number of aryl methyl sites for hydroxylation is 1. The van der Waals surface area contributed by atoms with Crippen molar-refractivity contribution in [2.24, 2.45) is 0 Å². The molecule has 0 aliphatic carbocycles. The highest BCUT2D eigenvalue weighted by Gasteiger charge is 2.38. The molecule has 0 spiro atoms. The van der Waals surface area contributed by atoms with Gasteiger partial charge in [0.25, 0.3) is 5.91 Å². The van der Waals surface area contributed by atoms with Crippen molar-refractivity contribution in [1.29, 1.82) is 0 Å². The Morgan fingerprint density at radius 1 is 1.00 bits per heavy atom. The van der Waals surface area contributed by atoms with E-state index in [9.17, 15) is 18.0 Å². The predicted molar refractivity (Wildman–Crippen MR) is 126 cm³/mol. The van der Waals surface area contributed by atoms with E-state index in [1.165, 1.54) is 21.9 Å². The molecule has 0 radical (unpaired) electrons. The Hall–Kier alpha value is -3.17. The molecule has 5 rings (SSSR count). The van der Waals surface area contributed by atoms with E-state index < -0.39 is 11.9 Å². The van der Waals surface area contributed by atoms with Crippen LogP contribution in [0.2, 0.25) is 0 Å². The van der Waals surface area contributed by atoms with Crippen LogP contribution in [0.3, 0.4) is 0 Å². The second-order valence-electron chi connectivity index (χ2n) is 8.42. The smallest absolute Gasteiger partial charge is 0.335 e. The van der Waals surface area contributed by atoms with Gasteiger partial charge in [-0.05, 0) is 36.2 Å². The molecule has 1 aliphatic rings. The lowest BCUT2D eigenvalue weighted by atomic mass is 10.1. The molecule has 1 amide bonds. The first-order valence-electron chi connectivity index (χ1n) is 11.0. The summed E-state index contributed by atoms with van der Waals surface area (Å²) in [6.07, 6.45) is -4.61. The van der Waals surface area contributed by atoms with Crippen LogP contribution >= 0.6 is 11.3 Å². The van der Waals surface area contributed by atoms with Gasteiger partial charge in [0.05, 0.1) is 10.6 Å². The highest BCUT2D eigenvalue weighted by molar-refractivity contribution is 7.20. The molecule has 34 heavy (non-hydrogen) atoms. The molecule has 0 bridgehead atoms. The standard InChI is InChI=1S/C25H23F3N4OS/c1-17-7-5-6-8-18(17)16-30-11-13-31(14-12-30)23(33)21-15-20-22(25(26,27)28)29-32(24(20)34-21)19-9-3-2-4-10-19/h2-10,15H,11-14,16H2,1H3. The van der Waals surface area contributed by atoms with E-state index >= 15 is 0 Å². The van der Waals surface area contributed by atoms with Gasteiger partial charge in [0.2, 0.25) is 0 Å². The Bertz CT molecular complexity index is 1320. The summed E-state index contributed by atoms with van der Waals surface area (Å²) in [6, 6.07) is 18.2. The molecule has 3 heterocycles. The van der Waals surface area contributed by atoms with E-state index in [2.05, 4.69) is 29.1 Å². The van der Waals surface area contributed by atoms with Gasteiger partial charge in [0, 0.05) is 38.1 Å². The van der Waals surface area contributed by atoms with Crippen molar-refractivity contribution in [1.82, 2.24) is 19.6 Å². The Morgan fingerprint density at radius 2 is 1.68 bits per heavy atom. The lowest BCUT2D eigenvalue weighted by Crippen LogP contribution is -2.48. The number of benzene rings is 2. The number of carbonyl (C=O) groups excluding carboxylic acids is 1. The largest absolute Gasteiger partial charge is 0.435 e. The third-order valence-electron chi connectivity index (χ3n) is 6.15. The van der Waals surface area contributed by atoms with Crippen LogP contribution in [0.1, 0.15) is 26.5 Å². The van der Waals surface area contributed by atoms with Crippen LogP contribution in [-0.4, -0.2) is 51.7 Å². The summed E-state index contributed by atoms with van der Waals surface area (Å²) in [5.41, 5.74) is 2.05. The van der Waals surface area contributed by atoms with Crippen LogP contribution < -0.4 is 0 Å². The molecule has 176 valence electrons. The monoisotopic (exact) mass is 484 g/mol. The van der Waals surface area contributed by atoms with E-state index in [-0.39, 0.29) is 11.3 Å². The fraction of sp³-hybridized carbons (Fsp3) is 0.280. The lowest BCUT2D eigenvalue weighted by Gasteiger charge is -2.34. The number of fused-ring (bicyclic) bond motifs is 1. The van der Waals surface area contributed by atoms with E-state index in [0.29, 0.717) is 28.5 Å². The molecule has 2 aromatic carbocycles. The zero-order chi connectivity index (χ0) is 23.9. The maximum atomic E-state index is 13.7. The van der Waals surface area contributed by atoms with Crippen LogP contribution in [0.25, 0.3) is 15.9 Å². The number of alkyl halides is 3. The number of amides is 1. The first-order chi connectivity index (χ1) is 16.3. The van der Waals surface area contributed by atoms with E-state index in [0.717, 1.165) is 31.0 Å². The predicted octanol–water partition coefficient (Wildman–Crippen LogP) is 5.37. The highest BCUT2D eigenvalue weighted by Crippen LogP contribution is 2.39. The second kappa shape index (κ2) is 8.88. The van der Waals surface area contributed by atoms with Crippen molar-refractivity contribution < 1.29 is 18.0 Å². The molecule has 5 nitrogen and oxygen atoms in total. The van der Waals surface area contributed by atoms with Crippen LogP contribution in [0.4, 0.5) is 13.2 Å². The average Bonchev–Trinajstić information content (AvgIpc) is 3.40. The van der Waals surface area contributed by atoms with Crippen molar-refractivity contribution in [2.75, 3.05) is 26.2 Å². The molecule has 0 unspecified atom stereocenters. The summed E-state index contributed by atoms with van der Waals surface area (Å²) in [5.74, 6) is -0.232. The van der Waals surface area contributed by atoms with Crippen LogP contribution in [-0.2, 0) is 12.7 Å². The number of piperazine rings is 1. The first kappa shape index (κ1) is 22.6. The van der Waals surface area contributed by atoms with Crippen molar-refractivity contribution in [3.8, 4) is 5.69 Å². The normalized spacial score (nSPS) is 15.2. The van der Waals surface area contributed by atoms with Gasteiger partial charge in [0.15, 0.2) is 5.69 Å². The minimum atomic E-state index is -4.61. The molecule has 0 atom stereocenters. The Labute approximate surface area is 199 Å². The van der Waals surface area contributed by atoms with Gasteiger partial charge < -0.3 is 4.90 Å². The Morgan fingerprint density at radius 3 is 2.35 bits per heavy atom. The highest BCUT2D eigenvalue weighted by atomic mass is 32.1. The number of para-hydroxylation sites is 1. The number of carbonyl (C=O) groups is 1. The number of rotatable bonds is 4. The molecule has 1 aliphatic heterocycles. The number of hydrogen-bond donors (Lipinski definition) is 0. The first-order valence-corrected chi connectivity index (χ1v) is 11.8. The van der Waals surface area contributed by atoms with Gasteiger partial charge >= 0.3 is 6.18 Å². The minimum absolute atomic E-state index is 0.0390. The summed E-state index contributed by atoms with van der Waals surface area (Å²) >= 11 is 1.06. The van der Waals surface area contributed by atoms with Gasteiger partial charge in [-0.15, -0.1) is 11.3 Å².